The molecule has 2 aliphatic rings. The standard InChI is InChI=1S/C16H14S/c1-2-4-14-11(3-1)5-6-12-7-8-13-9-10-17-16(13)15(12)14/h1-7,13H,8-10H2. The number of benzene rings is 2. The molecule has 0 aromatic heterocycles. The van der Waals surface area contributed by atoms with Crippen LogP contribution in [0.5, 0.6) is 0 Å². The van der Waals surface area contributed by atoms with Crippen LogP contribution in [0.15, 0.2) is 36.4 Å². The summed E-state index contributed by atoms with van der Waals surface area (Å²) in [5.74, 6) is 2.11. The van der Waals surface area contributed by atoms with Crippen LogP contribution < -0.4 is 10.4 Å². The van der Waals surface area contributed by atoms with Crippen LogP contribution in [-0.4, -0.2) is 5.75 Å². The molecule has 1 fully saturated rings. The van der Waals surface area contributed by atoms with E-state index in [0.717, 1.165) is 5.92 Å². The number of rotatable bonds is 0. The smallest absolute Gasteiger partial charge is 0.00104 e. The Kier molecular flexibility index (Phi) is 2.10. The van der Waals surface area contributed by atoms with Gasteiger partial charge in [-0.2, -0.15) is 0 Å². The minimum absolute atomic E-state index is 0.804. The van der Waals surface area contributed by atoms with Gasteiger partial charge in [-0.1, -0.05) is 42.5 Å². The summed E-state index contributed by atoms with van der Waals surface area (Å²) in [5.41, 5.74) is 0. The Bertz CT molecular complexity index is 712. The number of thioether (sulfide) groups is 1. The van der Waals surface area contributed by atoms with Crippen LogP contribution in [0.2, 0.25) is 0 Å². The SMILES string of the molecule is C1=c2ccc3ccccc3c2=C2SCCC2C1. The molecule has 0 amide bonds. The molecule has 1 heteroatoms. The Morgan fingerprint density at radius 2 is 2.00 bits per heavy atom. The number of hydrogen-bond acceptors (Lipinski definition) is 1. The van der Waals surface area contributed by atoms with Crippen LogP contribution in [0.25, 0.3) is 21.8 Å². The molecule has 0 radical (unpaired) electrons. The van der Waals surface area contributed by atoms with E-state index >= 15 is 0 Å². The molecule has 2 aromatic carbocycles. The molecular formula is C16H14S. The van der Waals surface area contributed by atoms with Crippen LogP contribution >= 0.6 is 11.8 Å². The fraction of sp³-hybridized carbons (Fsp3) is 0.250. The predicted molar refractivity (Wildman–Crippen MR) is 76.3 cm³/mol. The van der Waals surface area contributed by atoms with Crippen molar-refractivity contribution in [2.75, 3.05) is 5.75 Å². The first-order valence-corrected chi connectivity index (χ1v) is 7.27. The molecule has 1 heterocycles. The van der Waals surface area contributed by atoms with Crippen LogP contribution in [0.3, 0.4) is 0 Å². The van der Waals surface area contributed by atoms with E-state index in [-0.39, 0.29) is 0 Å². The van der Waals surface area contributed by atoms with Gasteiger partial charge in [-0.3, -0.25) is 0 Å². The molecule has 1 aliphatic heterocycles. The van der Waals surface area contributed by atoms with Gasteiger partial charge >= 0.3 is 0 Å². The summed E-state index contributed by atoms with van der Waals surface area (Å²) in [6.45, 7) is 0. The average Bonchev–Trinajstić information content (AvgIpc) is 2.86. The third kappa shape index (κ3) is 1.39. The lowest BCUT2D eigenvalue weighted by Crippen LogP contribution is -2.31. The Morgan fingerprint density at radius 1 is 1.06 bits per heavy atom. The minimum atomic E-state index is 0.804. The maximum atomic E-state index is 2.43. The highest BCUT2D eigenvalue weighted by molar-refractivity contribution is 8.08. The van der Waals surface area contributed by atoms with Crippen molar-refractivity contribution in [3.63, 3.8) is 0 Å². The summed E-state index contributed by atoms with van der Waals surface area (Å²) >= 11 is 2.08. The normalized spacial score (nSPS) is 22.1. The molecule has 1 unspecified atom stereocenters. The van der Waals surface area contributed by atoms with Gasteiger partial charge in [0.05, 0.1) is 0 Å². The highest BCUT2D eigenvalue weighted by atomic mass is 32.2. The molecule has 0 nitrogen and oxygen atoms in total. The molecule has 0 bridgehead atoms. The van der Waals surface area contributed by atoms with Crippen LogP contribution in [0.4, 0.5) is 0 Å². The van der Waals surface area contributed by atoms with Gasteiger partial charge in [-0.15, -0.1) is 11.8 Å². The van der Waals surface area contributed by atoms with Gasteiger partial charge < -0.3 is 0 Å². The van der Waals surface area contributed by atoms with Crippen molar-refractivity contribution in [3.05, 3.63) is 46.8 Å². The molecule has 17 heavy (non-hydrogen) atoms. The van der Waals surface area contributed by atoms with Crippen molar-refractivity contribution in [2.45, 2.75) is 12.8 Å². The second kappa shape index (κ2) is 3.64. The van der Waals surface area contributed by atoms with Gasteiger partial charge in [0.1, 0.15) is 0 Å². The molecule has 1 saturated heterocycles. The van der Waals surface area contributed by atoms with Gasteiger partial charge in [0.2, 0.25) is 0 Å². The highest BCUT2D eigenvalue weighted by Gasteiger charge is 2.24. The molecule has 84 valence electrons. The summed E-state index contributed by atoms with van der Waals surface area (Å²) in [4.78, 5) is 1.65. The minimum Gasteiger partial charge on any atom is -0.130 e. The Hall–Kier alpha value is -1.21. The van der Waals surface area contributed by atoms with Crippen LogP contribution in [0, 0.1) is 5.92 Å². The second-order valence-corrected chi connectivity index (χ2v) is 6.03. The van der Waals surface area contributed by atoms with E-state index in [9.17, 15) is 0 Å². The molecule has 1 aliphatic carbocycles. The van der Waals surface area contributed by atoms with E-state index in [1.165, 1.54) is 39.8 Å². The van der Waals surface area contributed by atoms with E-state index < -0.39 is 0 Å². The average molecular weight is 238 g/mol. The quantitative estimate of drug-likeness (QED) is 0.680. The van der Waals surface area contributed by atoms with E-state index in [1.54, 1.807) is 4.91 Å². The van der Waals surface area contributed by atoms with E-state index in [1.807, 2.05) is 0 Å². The van der Waals surface area contributed by atoms with Crippen LogP contribution in [0.1, 0.15) is 12.8 Å². The Balaban J connectivity index is 2.26. The largest absolute Gasteiger partial charge is 0.130 e. The molecule has 2 aromatic rings. The molecule has 0 N–H and O–H groups in total. The lowest BCUT2D eigenvalue weighted by Gasteiger charge is -2.14. The van der Waals surface area contributed by atoms with Gasteiger partial charge in [0, 0.05) is 0 Å². The summed E-state index contributed by atoms with van der Waals surface area (Å²) in [5, 5.41) is 5.79. The van der Waals surface area contributed by atoms with Crippen molar-refractivity contribution in [3.8, 4) is 0 Å². The zero-order valence-electron chi connectivity index (χ0n) is 9.65. The first kappa shape index (κ1) is 9.78. The van der Waals surface area contributed by atoms with E-state index in [0.29, 0.717) is 0 Å². The third-order valence-corrected chi connectivity index (χ3v) is 5.21. The van der Waals surface area contributed by atoms with Crippen molar-refractivity contribution in [1.82, 2.24) is 0 Å². The molecule has 4 rings (SSSR count). The lowest BCUT2D eigenvalue weighted by atomic mass is 9.93. The van der Waals surface area contributed by atoms with E-state index in [2.05, 4.69) is 54.2 Å². The monoisotopic (exact) mass is 238 g/mol. The van der Waals surface area contributed by atoms with Crippen molar-refractivity contribution in [2.24, 2.45) is 5.92 Å². The molecular weight excluding hydrogens is 224 g/mol. The molecule has 0 spiro atoms. The first-order valence-electron chi connectivity index (χ1n) is 6.28. The van der Waals surface area contributed by atoms with Gasteiger partial charge in [-0.05, 0) is 50.6 Å². The zero-order chi connectivity index (χ0) is 11.2. The van der Waals surface area contributed by atoms with Gasteiger partial charge in [-0.25, -0.2) is 0 Å². The van der Waals surface area contributed by atoms with Gasteiger partial charge in [0.15, 0.2) is 0 Å². The zero-order valence-corrected chi connectivity index (χ0v) is 10.5. The second-order valence-electron chi connectivity index (χ2n) is 4.89. The number of hydrogen-bond donors (Lipinski definition) is 0. The summed E-state index contributed by atoms with van der Waals surface area (Å²) in [7, 11) is 0. The van der Waals surface area contributed by atoms with E-state index in [4.69, 9.17) is 0 Å². The fourth-order valence-electron chi connectivity index (χ4n) is 3.06. The lowest BCUT2D eigenvalue weighted by molar-refractivity contribution is 0.699. The summed E-state index contributed by atoms with van der Waals surface area (Å²) < 4.78 is 0. The Morgan fingerprint density at radius 3 is 3.00 bits per heavy atom. The first-order chi connectivity index (χ1) is 8.43. The van der Waals surface area contributed by atoms with Crippen LogP contribution in [-0.2, 0) is 0 Å². The van der Waals surface area contributed by atoms with Crippen molar-refractivity contribution < 1.29 is 0 Å². The summed E-state index contributed by atoms with van der Waals surface area (Å²) in [6.07, 6.45) is 5.04. The maximum absolute atomic E-state index is 2.43. The third-order valence-electron chi connectivity index (χ3n) is 3.92. The topological polar surface area (TPSA) is 0 Å². The summed E-state index contributed by atoms with van der Waals surface area (Å²) in [6, 6.07) is 13.3. The molecule has 1 atom stereocenters. The van der Waals surface area contributed by atoms with Crippen molar-refractivity contribution >= 4 is 33.5 Å². The van der Waals surface area contributed by atoms with Crippen molar-refractivity contribution in [1.29, 1.82) is 0 Å². The maximum Gasteiger partial charge on any atom is -0.00104 e. The predicted octanol–water partition coefficient (Wildman–Crippen LogP) is 2.89. The molecule has 0 saturated carbocycles. The van der Waals surface area contributed by atoms with Gasteiger partial charge in [0.25, 0.3) is 0 Å². The fourth-order valence-corrected chi connectivity index (χ4v) is 4.51. The Labute approximate surface area is 105 Å². The number of fused-ring (bicyclic) bond motifs is 4. The highest BCUT2D eigenvalue weighted by Crippen LogP contribution is 2.40.